The third-order valence-electron chi connectivity index (χ3n) is 4.53. The molecule has 1 fully saturated rings. The molecule has 1 aromatic rings. The average Bonchev–Trinajstić information content (AvgIpc) is 2.62. The van der Waals surface area contributed by atoms with Crippen LogP contribution in [0.4, 0.5) is 0 Å². The van der Waals surface area contributed by atoms with E-state index in [9.17, 15) is 4.79 Å². The Labute approximate surface area is 145 Å². The van der Waals surface area contributed by atoms with Gasteiger partial charge in [0.15, 0.2) is 0 Å². The van der Waals surface area contributed by atoms with Crippen LogP contribution in [0.5, 0.6) is 0 Å². The summed E-state index contributed by atoms with van der Waals surface area (Å²) in [5, 5.41) is 2.85. The Hall–Kier alpha value is -1.43. The number of rotatable bonds is 9. The molecule has 1 aromatic carbocycles. The lowest BCUT2D eigenvalue weighted by atomic mass is 10.1. The Morgan fingerprint density at radius 2 is 2.04 bits per heavy atom. The van der Waals surface area contributed by atoms with Crippen molar-refractivity contribution in [2.24, 2.45) is 5.73 Å². The number of piperidine rings is 1. The molecule has 1 aliphatic heterocycles. The summed E-state index contributed by atoms with van der Waals surface area (Å²) in [6.07, 6.45) is 4.03. The first-order chi connectivity index (χ1) is 11.7. The molecule has 0 unspecified atom stereocenters. The number of hydrogen-bond donors (Lipinski definition) is 2. The van der Waals surface area contributed by atoms with Gasteiger partial charge in [0.25, 0.3) is 0 Å². The van der Waals surface area contributed by atoms with Crippen LogP contribution in [0.3, 0.4) is 0 Å². The highest BCUT2D eigenvalue weighted by molar-refractivity contribution is 5.81. The van der Waals surface area contributed by atoms with Crippen molar-refractivity contribution in [1.82, 2.24) is 10.2 Å². The molecule has 1 heterocycles. The Morgan fingerprint density at radius 3 is 2.71 bits per heavy atom. The monoisotopic (exact) mass is 333 g/mol. The fourth-order valence-corrected chi connectivity index (χ4v) is 2.93. The van der Waals surface area contributed by atoms with Crippen LogP contribution in [0.2, 0.25) is 0 Å². The van der Waals surface area contributed by atoms with E-state index < -0.39 is 0 Å². The highest BCUT2D eigenvalue weighted by Crippen LogP contribution is 2.16. The predicted molar refractivity (Wildman–Crippen MR) is 96.6 cm³/mol. The van der Waals surface area contributed by atoms with E-state index in [0.29, 0.717) is 25.7 Å². The van der Waals surface area contributed by atoms with Crippen molar-refractivity contribution >= 4 is 5.91 Å². The molecule has 5 nitrogen and oxygen atoms in total. The molecule has 1 saturated heterocycles. The van der Waals surface area contributed by atoms with Gasteiger partial charge in [-0.15, -0.1) is 0 Å². The van der Waals surface area contributed by atoms with Crippen molar-refractivity contribution in [2.45, 2.75) is 51.3 Å². The summed E-state index contributed by atoms with van der Waals surface area (Å²) in [5.74, 6) is -0.0632. The maximum absolute atomic E-state index is 11.5. The van der Waals surface area contributed by atoms with Crippen molar-refractivity contribution in [3.05, 3.63) is 35.9 Å². The molecule has 0 radical (unpaired) electrons. The third kappa shape index (κ3) is 6.59. The van der Waals surface area contributed by atoms with Crippen LogP contribution in [0, 0.1) is 0 Å². The summed E-state index contributed by atoms with van der Waals surface area (Å²) < 4.78 is 5.94. The van der Waals surface area contributed by atoms with Gasteiger partial charge in [0.2, 0.25) is 5.91 Å². The summed E-state index contributed by atoms with van der Waals surface area (Å²) in [4.78, 5) is 14.0. The van der Waals surface area contributed by atoms with Gasteiger partial charge >= 0.3 is 0 Å². The highest BCUT2D eigenvalue weighted by Gasteiger charge is 2.19. The minimum Gasteiger partial charge on any atom is -0.378 e. The van der Waals surface area contributed by atoms with Gasteiger partial charge in [-0.3, -0.25) is 9.69 Å². The molecule has 2 rings (SSSR count). The van der Waals surface area contributed by atoms with Gasteiger partial charge in [-0.25, -0.2) is 0 Å². The van der Waals surface area contributed by atoms with Gasteiger partial charge < -0.3 is 15.8 Å². The number of nitrogens with zero attached hydrogens (tertiary/aromatic N) is 1. The molecule has 0 aliphatic carbocycles. The van der Waals surface area contributed by atoms with Crippen molar-refractivity contribution in [1.29, 1.82) is 0 Å². The zero-order valence-electron chi connectivity index (χ0n) is 14.7. The van der Waals surface area contributed by atoms with Crippen molar-refractivity contribution < 1.29 is 9.53 Å². The third-order valence-corrected chi connectivity index (χ3v) is 4.53. The lowest BCUT2D eigenvalue weighted by Gasteiger charge is -2.32. The Bertz CT molecular complexity index is 473. The molecule has 0 saturated carbocycles. The fraction of sp³-hybridized carbons (Fsp3) is 0.632. The van der Waals surface area contributed by atoms with Gasteiger partial charge in [-0.2, -0.15) is 0 Å². The fourth-order valence-electron chi connectivity index (χ4n) is 2.93. The molecule has 1 aliphatic rings. The zero-order valence-corrected chi connectivity index (χ0v) is 14.7. The first kappa shape index (κ1) is 18.9. The summed E-state index contributed by atoms with van der Waals surface area (Å²) >= 11 is 0. The van der Waals surface area contributed by atoms with Crippen LogP contribution in [0.25, 0.3) is 0 Å². The molecule has 0 aromatic heterocycles. The normalized spacial score (nSPS) is 17.6. The first-order valence-corrected chi connectivity index (χ1v) is 9.10. The molecule has 134 valence electrons. The van der Waals surface area contributed by atoms with E-state index in [0.717, 1.165) is 38.9 Å². The van der Waals surface area contributed by atoms with Crippen molar-refractivity contribution in [2.75, 3.05) is 26.2 Å². The minimum atomic E-state index is -0.389. The molecule has 1 atom stereocenters. The first-order valence-electron chi connectivity index (χ1n) is 9.10. The van der Waals surface area contributed by atoms with Crippen molar-refractivity contribution in [3.8, 4) is 0 Å². The zero-order chi connectivity index (χ0) is 17.2. The quantitative estimate of drug-likeness (QED) is 0.678. The Balaban J connectivity index is 1.53. The van der Waals surface area contributed by atoms with Crippen LogP contribution in [0.1, 0.15) is 38.2 Å². The highest BCUT2D eigenvalue weighted by atomic mass is 16.5. The van der Waals surface area contributed by atoms with Gasteiger partial charge in [0, 0.05) is 32.8 Å². The number of ether oxygens (including phenoxy) is 1. The van der Waals surface area contributed by atoms with E-state index in [4.69, 9.17) is 10.5 Å². The van der Waals surface area contributed by atoms with E-state index in [1.54, 1.807) is 0 Å². The second-order valence-corrected chi connectivity index (χ2v) is 6.49. The van der Waals surface area contributed by atoms with E-state index in [1.807, 2.05) is 6.92 Å². The molecular formula is C19H31N3O2. The largest absolute Gasteiger partial charge is 0.378 e. The number of likely N-dealkylation sites (tertiary alicyclic amines) is 1. The van der Waals surface area contributed by atoms with E-state index in [2.05, 4.69) is 40.5 Å². The van der Waals surface area contributed by atoms with Crippen LogP contribution in [0.15, 0.2) is 30.3 Å². The Morgan fingerprint density at radius 1 is 1.33 bits per heavy atom. The number of hydrogen-bond acceptors (Lipinski definition) is 4. The number of nitrogens with one attached hydrogen (secondary N) is 1. The summed E-state index contributed by atoms with van der Waals surface area (Å²) in [6, 6.07) is 10.2. The van der Waals surface area contributed by atoms with Crippen LogP contribution < -0.4 is 11.1 Å². The van der Waals surface area contributed by atoms with Gasteiger partial charge in [0.1, 0.15) is 0 Å². The lowest BCUT2D eigenvalue weighted by Crippen LogP contribution is -2.40. The summed E-state index contributed by atoms with van der Waals surface area (Å²) in [6.45, 7) is 6.45. The summed E-state index contributed by atoms with van der Waals surface area (Å²) in [7, 11) is 0. The SMILES string of the molecule is CC[C@H](N)C(=O)NCCCOC1CCN(Cc2ccccc2)CC1. The number of carbonyl (C=O) groups is 1. The number of amides is 1. The van der Waals surface area contributed by atoms with E-state index >= 15 is 0 Å². The molecule has 24 heavy (non-hydrogen) atoms. The van der Waals surface area contributed by atoms with E-state index in [1.165, 1.54) is 5.56 Å². The van der Waals surface area contributed by atoms with E-state index in [-0.39, 0.29) is 11.9 Å². The molecular weight excluding hydrogens is 302 g/mol. The summed E-state index contributed by atoms with van der Waals surface area (Å²) in [5.41, 5.74) is 7.04. The maximum atomic E-state index is 11.5. The number of carbonyl (C=O) groups excluding carboxylic acids is 1. The van der Waals surface area contributed by atoms with Gasteiger partial charge in [-0.05, 0) is 31.2 Å². The van der Waals surface area contributed by atoms with Crippen LogP contribution in [-0.4, -0.2) is 49.2 Å². The Kier molecular flexibility index (Phi) is 8.22. The average molecular weight is 333 g/mol. The minimum absolute atomic E-state index is 0.0632. The standard InChI is InChI=1S/C19H31N3O2/c1-2-18(20)19(23)21-11-6-14-24-17-9-12-22(13-10-17)15-16-7-4-3-5-8-16/h3-5,7-8,17-18H,2,6,9-15,20H2,1H3,(H,21,23)/t18-/m0/s1. The van der Waals surface area contributed by atoms with Crippen LogP contribution >= 0.6 is 0 Å². The molecule has 0 bridgehead atoms. The second kappa shape index (κ2) is 10.4. The smallest absolute Gasteiger partial charge is 0.236 e. The topological polar surface area (TPSA) is 67.6 Å². The number of benzene rings is 1. The molecule has 3 N–H and O–H groups in total. The molecule has 5 heteroatoms. The lowest BCUT2D eigenvalue weighted by molar-refractivity contribution is -0.122. The van der Waals surface area contributed by atoms with Gasteiger partial charge in [0.05, 0.1) is 12.1 Å². The van der Waals surface area contributed by atoms with Crippen molar-refractivity contribution in [3.63, 3.8) is 0 Å². The second-order valence-electron chi connectivity index (χ2n) is 6.49. The molecule has 1 amide bonds. The van der Waals surface area contributed by atoms with Crippen LogP contribution in [-0.2, 0) is 16.1 Å². The molecule has 0 spiro atoms. The number of nitrogens with two attached hydrogens (primary N) is 1. The van der Waals surface area contributed by atoms with Gasteiger partial charge in [-0.1, -0.05) is 37.3 Å². The predicted octanol–water partition coefficient (Wildman–Crippen LogP) is 1.91. The maximum Gasteiger partial charge on any atom is 0.236 e.